The molecule has 0 spiro atoms. The van der Waals surface area contributed by atoms with Crippen LogP contribution in [0.1, 0.15) is 18.4 Å². The van der Waals surface area contributed by atoms with Crippen LogP contribution in [0.2, 0.25) is 5.02 Å². The largest absolute Gasteiger partial charge is 0.493 e. The highest BCUT2D eigenvalue weighted by Crippen LogP contribution is 2.30. The number of halogens is 1. The Kier molecular flexibility index (Phi) is 6.88. The van der Waals surface area contributed by atoms with Gasteiger partial charge in [-0.2, -0.15) is 0 Å². The number of imide groups is 1. The molecule has 1 unspecified atom stereocenters. The van der Waals surface area contributed by atoms with E-state index in [0.717, 1.165) is 22.8 Å². The molecule has 174 valence electrons. The van der Waals surface area contributed by atoms with E-state index in [2.05, 4.69) is 16.0 Å². The van der Waals surface area contributed by atoms with Crippen molar-refractivity contribution < 1.29 is 19.1 Å². The molecule has 0 radical (unpaired) electrons. The molecular formula is C23H26ClN5O4. The van der Waals surface area contributed by atoms with Crippen molar-refractivity contribution in [1.82, 2.24) is 20.4 Å². The lowest BCUT2D eigenvalue weighted by molar-refractivity contribution is -0.121. The average Bonchev–Trinajstić information content (AvgIpc) is 3.64. The highest BCUT2D eigenvalue weighted by Gasteiger charge is 2.39. The van der Waals surface area contributed by atoms with Gasteiger partial charge >= 0.3 is 12.1 Å². The highest BCUT2D eigenvalue weighted by atomic mass is 35.5. The van der Waals surface area contributed by atoms with Gasteiger partial charge in [-0.15, -0.1) is 0 Å². The van der Waals surface area contributed by atoms with Crippen LogP contribution in [0.15, 0.2) is 48.5 Å². The van der Waals surface area contributed by atoms with Crippen LogP contribution in [-0.2, 0) is 11.3 Å². The molecule has 1 aliphatic heterocycles. The van der Waals surface area contributed by atoms with Gasteiger partial charge in [-0.3, -0.25) is 15.0 Å². The highest BCUT2D eigenvalue weighted by molar-refractivity contribution is 6.30. The number of nitrogens with one attached hydrogen (secondary N) is 3. The van der Waals surface area contributed by atoms with E-state index in [1.165, 1.54) is 24.8 Å². The predicted molar refractivity (Wildman–Crippen MR) is 124 cm³/mol. The Morgan fingerprint density at radius 1 is 1.12 bits per heavy atom. The van der Waals surface area contributed by atoms with Gasteiger partial charge in [0.25, 0.3) is 0 Å². The van der Waals surface area contributed by atoms with Crippen LogP contribution < -0.4 is 20.7 Å². The van der Waals surface area contributed by atoms with Crippen molar-refractivity contribution in [2.24, 2.45) is 5.92 Å². The minimum atomic E-state index is -0.820. The predicted octanol–water partition coefficient (Wildman–Crippen LogP) is 3.22. The number of carbonyl (C=O) groups excluding carboxylic acids is 3. The molecule has 5 amide bonds. The number of hydrogen-bond donors (Lipinski definition) is 3. The number of anilines is 1. The molecule has 1 saturated heterocycles. The Bertz CT molecular complexity index is 1010. The lowest BCUT2D eigenvalue weighted by Gasteiger charge is -2.41. The van der Waals surface area contributed by atoms with Crippen molar-refractivity contribution in [2.45, 2.75) is 25.7 Å². The van der Waals surface area contributed by atoms with E-state index in [4.69, 9.17) is 16.3 Å². The summed E-state index contributed by atoms with van der Waals surface area (Å²) in [6.07, 6.45) is 1.62. The SMILES string of the molecule is CNC(=O)CN1C(=O)NC(Nc2ccc(OCC3CC3)cc2)N(Cc2ccc(Cl)cc2)C1=O. The molecule has 4 rings (SSSR count). The second-order valence-electron chi connectivity index (χ2n) is 8.07. The fourth-order valence-corrected chi connectivity index (χ4v) is 3.48. The topological polar surface area (TPSA) is 103 Å². The number of carbonyl (C=O) groups is 3. The summed E-state index contributed by atoms with van der Waals surface area (Å²) in [5, 5.41) is 8.95. The van der Waals surface area contributed by atoms with Crippen molar-refractivity contribution >= 4 is 35.3 Å². The number of amides is 5. The molecule has 9 nitrogen and oxygen atoms in total. The third kappa shape index (κ3) is 5.87. The molecule has 1 heterocycles. The number of nitrogens with zero attached hydrogens (tertiary/aromatic N) is 2. The van der Waals surface area contributed by atoms with Gasteiger partial charge < -0.3 is 15.4 Å². The van der Waals surface area contributed by atoms with Crippen molar-refractivity contribution in [3.63, 3.8) is 0 Å². The maximum atomic E-state index is 13.2. The molecule has 2 aliphatic rings. The Morgan fingerprint density at radius 3 is 2.45 bits per heavy atom. The van der Waals surface area contributed by atoms with Crippen LogP contribution in [0.4, 0.5) is 15.3 Å². The van der Waals surface area contributed by atoms with E-state index in [-0.39, 0.29) is 13.1 Å². The third-order valence-corrected chi connectivity index (χ3v) is 5.73. The molecular weight excluding hydrogens is 446 g/mol. The summed E-state index contributed by atoms with van der Waals surface area (Å²) in [5.74, 6) is 0.981. The zero-order chi connectivity index (χ0) is 23.4. The fraction of sp³-hybridized carbons (Fsp3) is 0.348. The second-order valence-corrected chi connectivity index (χ2v) is 8.51. The summed E-state index contributed by atoms with van der Waals surface area (Å²) in [6.45, 7) is 0.537. The first-order chi connectivity index (χ1) is 15.9. The first-order valence-corrected chi connectivity index (χ1v) is 11.1. The second kappa shape index (κ2) is 9.99. The van der Waals surface area contributed by atoms with E-state index in [9.17, 15) is 14.4 Å². The van der Waals surface area contributed by atoms with Crippen LogP contribution in [-0.4, -0.2) is 54.3 Å². The van der Waals surface area contributed by atoms with Crippen LogP contribution in [0.5, 0.6) is 5.75 Å². The van der Waals surface area contributed by atoms with Crippen molar-refractivity contribution in [1.29, 1.82) is 0 Å². The molecule has 33 heavy (non-hydrogen) atoms. The Labute approximate surface area is 197 Å². The summed E-state index contributed by atoms with van der Waals surface area (Å²) < 4.78 is 5.76. The molecule has 2 aromatic carbocycles. The molecule has 2 aromatic rings. The lowest BCUT2D eigenvalue weighted by Crippen LogP contribution is -2.67. The fourth-order valence-electron chi connectivity index (χ4n) is 3.35. The van der Waals surface area contributed by atoms with E-state index in [1.807, 2.05) is 24.3 Å². The summed E-state index contributed by atoms with van der Waals surface area (Å²) in [6, 6.07) is 13.2. The quantitative estimate of drug-likeness (QED) is 0.521. The Morgan fingerprint density at radius 2 is 1.82 bits per heavy atom. The number of rotatable bonds is 9. The molecule has 3 N–H and O–H groups in total. The molecule has 2 fully saturated rings. The summed E-state index contributed by atoms with van der Waals surface area (Å²) in [7, 11) is 1.45. The van der Waals surface area contributed by atoms with E-state index < -0.39 is 24.3 Å². The van der Waals surface area contributed by atoms with Gasteiger partial charge in [-0.25, -0.2) is 14.5 Å². The normalized spacial score (nSPS) is 18.1. The average molecular weight is 472 g/mol. The lowest BCUT2D eigenvalue weighted by atomic mass is 10.2. The van der Waals surface area contributed by atoms with Gasteiger partial charge in [0.15, 0.2) is 6.29 Å². The monoisotopic (exact) mass is 471 g/mol. The molecule has 1 saturated carbocycles. The maximum Gasteiger partial charge on any atom is 0.332 e. The van der Waals surface area contributed by atoms with Crippen LogP contribution in [0.25, 0.3) is 0 Å². The number of hydrogen-bond acceptors (Lipinski definition) is 5. The van der Waals surface area contributed by atoms with Crippen LogP contribution >= 0.6 is 11.6 Å². The summed E-state index contributed by atoms with van der Waals surface area (Å²) >= 11 is 5.98. The van der Waals surface area contributed by atoms with E-state index in [1.54, 1.807) is 24.3 Å². The van der Waals surface area contributed by atoms with Crippen molar-refractivity contribution in [3.05, 3.63) is 59.1 Å². The van der Waals surface area contributed by atoms with Gasteiger partial charge in [0.2, 0.25) is 5.91 Å². The number of ether oxygens (including phenoxy) is 1. The molecule has 1 atom stereocenters. The van der Waals surface area contributed by atoms with Crippen molar-refractivity contribution in [2.75, 3.05) is 25.5 Å². The van der Waals surface area contributed by atoms with Gasteiger partial charge in [0, 0.05) is 17.8 Å². The van der Waals surface area contributed by atoms with Crippen LogP contribution in [0.3, 0.4) is 0 Å². The number of likely N-dealkylation sites (N-methyl/N-ethyl adjacent to an activating group) is 1. The zero-order valence-electron chi connectivity index (χ0n) is 18.2. The first-order valence-electron chi connectivity index (χ1n) is 10.8. The zero-order valence-corrected chi connectivity index (χ0v) is 19.0. The smallest absolute Gasteiger partial charge is 0.332 e. The molecule has 10 heteroatoms. The van der Waals surface area contributed by atoms with Crippen LogP contribution in [0, 0.1) is 5.92 Å². The first kappa shape index (κ1) is 22.7. The number of benzene rings is 2. The van der Waals surface area contributed by atoms with Gasteiger partial charge in [-0.1, -0.05) is 23.7 Å². The van der Waals surface area contributed by atoms with Crippen molar-refractivity contribution in [3.8, 4) is 5.75 Å². The summed E-state index contributed by atoms with van der Waals surface area (Å²) in [4.78, 5) is 40.0. The molecule has 0 bridgehead atoms. The Hall–Kier alpha value is -3.46. The van der Waals surface area contributed by atoms with Gasteiger partial charge in [0.05, 0.1) is 13.2 Å². The van der Waals surface area contributed by atoms with Gasteiger partial charge in [-0.05, 0) is 60.7 Å². The van der Waals surface area contributed by atoms with E-state index >= 15 is 0 Å². The third-order valence-electron chi connectivity index (χ3n) is 5.48. The van der Waals surface area contributed by atoms with Gasteiger partial charge in [0.1, 0.15) is 12.3 Å². The van der Waals surface area contributed by atoms with E-state index in [0.29, 0.717) is 16.6 Å². The molecule has 0 aromatic heterocycles. The summed E-state index contributed by atoms with van der Waals surface area (Å²) in [5.41, 5.74) is 1.52. The molecule has 1 aliphatic carbocycles. The standard InChI is InChI=1S/C23H26ClN5O4/c1-25-20(30)13-29-22(31)27-21(28(23(29)32)12-15-4-6-17(24)7-5-15)26-18-8-10-19(11-9-18)33-14-16-2-3-16/h4-11,16,21,26H,2-3,12-14H2,1H3,(H,25,30)(H,27,31). The maximum absolute atomic E-state index is 13.2. The minimum Gasteiger partial charge on any atom is -0.493 e. The minimum absolute atomic E-state index is 0.195. The number of urea groups is 2. The Balaban J connectivity index is 1.50.